The van der Waals surface area contributed by atoms with Gasteiger partial charge >= 0.3 is 0 Å². The molecule has 0 radical (unpaired) electrons. The topological polar surface area (TPSA) is 78.2 Å². The maximum Gasteiger partial charge on any atom is 0.266 e. The van der Waals surface area contributed by atoms with Gasteiger partial charge in [-0.05, 0) is 42.9 Å². The highest BCUT2D eigenvalue weighted by Gasteiger charge is 2.29. The second kappa shape index (κ2) is 10.3. The second-order valence-electron chi connectivity index (χ2n) is 9.83. The monoisotopic (exact) mass is 540 g/mol. The number of hydrogen-bond acceptors (Lipinski definition) is 7. The van der Waals surface area contributed by atoms with E-state index in [0.717, 1.165) is 43.1 Å². The molecule has 0 unspecified atom stereocenters. The van der Waals surface area contributed by atoms with Crippen LogP contribution in [0.2, 0.25) is 10.2 Å². The molecule has 1 aromatic carbocycles. The van der Waals surface area contributed by atoms with Gasteiger partial charge in [-0.2, -0.15) is 0 Å². The summed E-state index contributed by atoms with van der Waals surface area (Å²) in [5.74, 6) is 2.32. The molecule has 37 heavy (non-hydrogen) atoms. The van der Waals surface area contributed by atoms with Crippen molar-refractivity contribution in [2.45, 2.75) is 46.6 Å². The average molecular weight is 541 g/mol. The fraction of sp³-hybridized carbons (Fsp3) is 0.407. The van der Waals surface area contributed by atoms with Crippen LogP contribution in [0.25, 0.3) is 11.2 Å². The van der Waals surface area contributed by atoms with E-state index < -0.39 is 0 Å². The van der Waals surface area contributed by atoms with Crippen molar-refractivity contribution < 1.29 is 9.47 Å². The van der Waals surface area contributed by atoms with Gasteiger partial charge in [-0.1, -0.05) is 55.6 Å². The van der Waals surface area contributed by atoms with E-state index in [-0.39, 0.29) is 10.2 Å². The highest BCUT2D eigenvalue weighted by atomic mass is 35.5. The summed E-state index contributed by atoms with van der Waals surface area (Å²) in [4.78, 5) is 16.2. The Morgan fingerprint density at radius 3 is 2.49 bits per heavy atom. The van der Waals surface area contributed by atoms with Crippen LogP contribution in [0.5, 0.6) is 17.4 Å². The van der Waals surface area contributed by atoms with E-state index in [2.05, 4.69) is 23.7 Å². The number of hydrogen-bond donors (Lipinski definition) is 0. The van der Waals surface area contributed by atoms with E-state index >= 15 is 0 Å². The van der Waals surface area contributed by atoms with E-state index in [9.17, 15) is 0 Å². The first kappa shape index (κ1) is 25.5. The van der Waals surface area contributed by atoms with E-state index in [1.165, 1.54) is 6.42 Å². The molecule has 5 rings (SSSR count). The molecule has 4 aromatic rings. The Labute approximate surface area is 226 Å². The van der Waals surface area contributed by atoms with Crippen molar-refractivity contribution in [2.24, 2.45) is 5.41 Å². The molecule has 10 heteroatoms. The fourth-order valence-electron chi connectivity index (χ4n) is 4.54. The number of nitrogens with zero attached hydrogens (tertiary/aromatic N) is 6. The molecule has 1 aliphatic heterocycles. The molecule has 0 atom stereocenters. The van der Waals surface area contributed by atoms with Crippen molar-refractivity contribution in [3.05, 3.63) is 58.0 Å². The number of methoxy groups -OCH3 is 1. The third-order valence-corrected chi connectivity index (χ3v) is 7.99. The van der Waals surface area contributed by atoms with Crippen LogP contribution in [0, 0.1) is 12.3 Å². The summed E-state index contributed by atoms with van der Waals surface area (Å²) < 4.78 is 13.3. The summed E-state index contributed by atoms with van der Waals surface area (Å²) in [6.07, 6.45) is 5.24. The number of benzene rings is 1. The Bertz CT molecular complexity index is 1410. The van der Waals surface area contributed by atoms with Crippen LogP contribution >= 0.6 is 23.2 Å². The molecule has 1 saturated heterocycles. The van der Waals surface area contributed by atoms with Crippen LogP contribution in [0.15, 0.2) is 36.5 Å². The number of pyridine rings is 1. The predicted molar refractivity (Wildman–Crippen MR) is 146 cm³/mol. The predicted octanol–water partition coefficient (Wildman–Crippen LogP) is 6.70. The summed E-state index contributed by atoms with van der Waals surface area (Å²) >= 11 is 12.6. The number of rotatable bonds is 7. The quantitative estimate of drug-likeness (QED) is 0.241. The van der Waals surface area contributed by atoms with E-state index in [1.54, 1.807) is 19.4 Å². The lowest BCUT2D eigenvalue weighted by molar-refractivity contribution is 0.238. The van der Waals surface area contributed by atoms with Gasteiger partial charge in [0.05, 0.1) is 19.9 Å². The molecule has 4 heterocycles. The maximum atomic E-state index is 6.38. The van der Waals surface area contributed by atoms with Crippen molar-refractivity contribution >= 4 is 40.2 Å². The van der Waals surface area contributed by atoms with Gasteiger partial charge in [0.1, 0.15) is 16.6 Å². The molecular weight excluding hydrogens is 511 g/mol. The minimum Gasteiger partial charge on any atom is -0.497 e. The largest absolute Gasteiger partial charge is 0.497 e. The number of fused-ring (bicyclic) bond motifs is 1. The minimum atomic E-state index is 0.177. The molecule has 1 aliphatic rings. The lowest BCUT2D eigenvalue weighted by atomic mass is 9.78. The zero-order valence-corrected chi connectivity index (χ0v) is 23.0. The third kappa shape index (κ3) is 5.31. The minimum absolute atomic E-state index is 0.177. The van der Waals surface area contributed by atoms with Gasteiger partial charge in [0.15, 0.2) is 22.1 Å². The SMILES string of the molecule is CCC1(C)CCN(c2cnc3c(Oc4cc(C)nc(Cl)c4Cl)nn(Cc4ccc(OC)cc4)c3n2)CC1. The Morgan fingerprint density at radius 2 is 1.81 bits per heavy atom. The van der Waals surface area contributed by atoms with Crippen LogP contribution in [-0.4, -0.2) is 44.9 Å². The molecular formula is C27H30Cl2N6O2. The highest BCUT2D eigenvalue weighted by Crippen LogP contribution is 2.38. The fourth-order valence-corrected chi connectivity index (χ4v) is 4.90. The number of aryl methyl sites for hydroxylation is 1. The van der Waals surface area contributed by atoms with Crippen LogP contribution in [0.4, 0.5) is 5.82 Å². The summed E-state index contributed by atoms with van der Waals surface area (Å²) in [6.45, 7) is 8.84. The average Bonchev–Trinajstić information content (AvgIpc) is 3.24. The van der Waals surface area contributed by atoms with Gasteiger partial charge in [0.25, 0.3) is 5.88 Å². The van der Waals surface area contributed by atoms with E-state index in [0.29, 0.717) is 40.4 Å². The van der Waals surface area contributed by atoms with Crippen molar-refractivity contribution in [3.63, 3.8) is 0 Å². The Morgan fingerprint density at radius 1 is 1.08 bits per heavy atom. The summed E-state index contributed by atoms with van der Waals surface area (Å²) in [7, 11) is 1.65. The van der Waals surface area contributed by atoms with Crippen molar-refractivity contribution in [1.29, 1.82) is 0 Å². The lowest BCUT2D eigenvalue weighted by Crippen LogP contribution is -2.38. The number of ether oxygens (including phenoxy) is 2. The van der Waals surface area contributed by atoms with Gasteiger partial charge in [0.2, 0.25) is 0 Å². The number of piperidine rings is 1. The molecule has 0 aliphatic carbocycles. The first-order valence-electron chi connectivity index (χ1n) is 12.4. The first-order chi connectivity index (χ1) is 17.8. The Balaban J connectivity index is 1.53. The van der Waals surface area contributed by atoms with Gasteiger partial charge in [-0.3, -0.25) is 0 Å². The number of halogens is 2. The van der Waals surface area contributed by atoms with E-state index in [4.69, 9.17) is 47.7 Å². The molecule has 3 aromatic heterocycles. The van der Waals surface area contributed by atoms with Crippen LogP contribution in [-0.2, 0) is 6.54 Å². The van der Waals surface area contributed by atoms with Crippen LogP contribution in [0.1, 0.15) is 44.4 Å². The van der Waals surface area contributed by atoms with Crippen molar-refractivity contribution in [3.8, 4) is 17.4 Å². The van der Waals surface area contributed by atoms with Gasteiger partial charge in [-0.15, -0.1) is 5.10 Å². The Kier molecular flexibility index (Phi) is 7.14. The molecule has 1 fully saturated rings. The molecule has 0 bridgehead atoms. The normalized spacial score (nSPS) is 15.2. The van der Waals surface area contributed by atoms with Gasteiger partial charge in [-0.25, -0.2) is 19.6 Å². The first-order valence-corrected chi connectivity index (χ1v) is 13.2. The van der Waals surface area contributed by atoms with E-state index in [1.807, 2.05) is 35.9 Å². The summed E-state index contributed by atoms with van der Waals surface area (Å²) in [5.41, 5.74) is 3.30. The molecule has 8 nitrogen and oxygen atoms in total. The van der Waals surface area contributed by atoms with Crippen molar-refractivity contribution in [2.75, 3.05) is 25.1 Å². The molecule has 0 N–H and O–H groups in total. The van der Waals surface area contributed by atoms with Crippen LogP contribution in [0.3, 0.4) is 0 Å². The Hall–Kier alpha value is -3.10. The molecule has 0 amide bonds. The van der Waals surface area contributed by atoms with Crippen molar-refractivity contribution in [1.82, 2.24) is 24.7 Å². The zero-order chi connectivity index (χ0) is 26.2. The van der Waals surface area contributed by atoms with Gasteiger partial charge in [0, 0.05) is 24.8 Å². The summed E-state index contributed by atoms with van der Waals surface area (Å²) in [6, 6.07) is 9.58. The highest BCUT2D eigenvalue weighted by molar-refractivity contribution is 6.42. The molecule has 0 saturated carbocycles. The van der Waals surface area contributed by atoms with Crippen LogP contribution < -0.4 is 14.4 Å². The maximum absolute atomic E-state index is 6.38. The standard InChI is InChI=1S/C27H30Cl2N6O2/c1-5-27(3)10-12-34(13-11-27)21-15-30-23-25(32-21)35(16-18-6-8-19(36-4)9-7-18)33-26(23)37-20-14-17(2)31-24(29)22(20)28/h6-9,14-15H,5,10-13,16H2,1-4H3. The lowest BCUT2D eigenvalue weighted by Gasteiger charge is -2.39. The third-order valence-electron chi connectivity index (χ3n) is 7.26. The number of anilines is 1. The smallest absolute Gasteiger partial charge is 0.266 e. The van der Waals surface area contributed by atoms with Gasteiger partial charge < -0.3 is 14.4 Å². The zero-order valence-electron chi connectivity index (χ0n) is 21.5. The second-order valence-corrected chi connectivity index (χ2v) is 10.6. The number of aromatic nitrogens is 5. The molecule has 0 spiro atoms. The summed E-state index contributed by atoms with van der Waals surface area (Å²) in [5, 5.41) is 5.14. The molecule has 194 valence electrons.